The van der Waals surface area contributed by atoms with Crippen LogP contribution in [0.3, 0.4) is 0 Å². The van der Waals surface area contributed by atoms with Gasteiger partial charge in [-0.2, -0.15) is 0 Å². The number of hydrogen-bond acceptors (Lipinski definition) is 3. The quantitative estimate of drug-likeness (QED) is 0.815. The van der Waals surface area contributed by atoms with Crippen LogP contribution in [0.5, 0.6) is 0 Å². The summed E-state index contributed by atoms with van der Waals surface area (Å²) in [6, 6.07) is 6.35. The summed E-state index contributed by atoms with van der Waals surface area (Å²) in [4.78, 5) is 0.422. The summed E-state index contributed by atoms with van der Waals surface area (Å²) in [6.45, 7) is 2.81. The Balaban J connectivity index is 2.01. The molecule has 0 spiro atoms. The fourth-order valence-electron chi connectivity index (χ4n) is 2.13. The summed E-state index contributed by atoms with van der Waals surface area (Å²) < 4.78 is 6.57. The highest BCUT2D eigenvalue weighted by molar-refractivity contribution is 9.10. The molecular weight excluding hydrogens is 312 g/mol. The Bertz CT molecular complexity index is 447. The van der Waals surface area contributed by atoms with Crippen molar-refractivity contribution in [3.05, 3.63) is 28.2 Å². The zero-order chi connectivity index (χ0) is 13.1. The van der Waals surface area contributed by atoms with Crippen molar-refractivity contribution < 1.29 is 4.74 Å². The normalized spacial score (nSPS) is 22.3. The van der Waals surface area contributed by atoms with E-state index in [0.29, 0.717) is 17.1 Å². The lowest BCUT2D eigenvalue weighted by atomic mass is 9.89. The Morgan fingerprint density at radius 2 is 2.28 bits per heavy atom. The SMILES string of the molecule is CCOC1CC(Nc2cc(Br)ccc2C(N)=S)C1. The van der Waals surface area contributed by atoms with Gasteiger partial charge in [-0.15, -0.1) is 0 Å². The highest BCUT2D eigenvalue weighted by Gasteiger charge is 2.29. The molecule has 0 aromatic heterocycles. The molecule has 18 heavy (non-hydrogen) atoms. The molecule has 98 valence electrons. The second kappa shape index (κ2) is 5.99. The van der Waals surface area contributed by atoms with Gasteiger partial charge in [0, 0.05) is 28.4 Å². The van der Waals surface area contributed by atoms with Crippen molar-refractivity contribution >= 4 is 38.8 Å². The Labute approximate surface area is 121 Å². The van der Waals surface area contributed by atoms with E-state index in [0.717, 1.165) is 35.2 Å². The van der Waals surface area contributed by atoms with E-state index in [9.17, 15) is 0 Å². The van der Waals surface area contributed by atoms with Crippen LogP contribution in [0, 0.1) is 0 Å². The molecule has 0 radical (unpaired) electrons. The predicted molar refractivity (Wildman–Crippen MR) is 82.1 cm³/mol. The molecule has 1 aliphatic rings. The first kappa shape index (κ1) is 13.8. The number of halogens is 1. The fourth-order valence-corrected chi connectivity index (χ4v) is 2.67. The van der Waals surface area contributed by atoms with E-state index < -0.39 is 0 Å². The minimum atomic E-state index is 0.396. The third-order valence-electron chi connectivity index (χ3n) is 3.10. The van der Waals surface area contributed by atoms with Crippen LogP contribution in [0.15, 0.2) is 22.7 Å². The van der Waals surface area contributed by atoms with Gasteiger partial charge in [-0.1, -0.05) is 28.1 Å². The topological polar surface area (TPSA) is 47.3 Å². The highest BCUT2D eigenvalue weighted by Crippen LogP contribution is 2.29. The second-order valence-corrected chi connectivity index (χ2v) is 5.80. The largest absolute Gasteiger partial charge is 0.389 e. The molecule has 1 aliphatic carbocycles. The van der Waals surface area contributed by atoms with Crippen LogP contribution in [0.25, 0.3) is 0 Å². The van der Waals surface area contributed by atoms with Crippen LogP contribution in [-0.2, 0) is 4.74 Å². The van der Waals surface area contributed by atoms with Crippen molar-refractivity contribution in [1.29, 1.82) is 0 Å². The van der Waals surface area contributed by atoms with Crippen LogP contribution in [0.2, 0.25) is 0 Å². The maximum absolute atomic E-state index is 5.73. The summed E-state index contributed by atoms with van der Waals surface area (Å²) in [7, 11) is 0. The molecule has 0 unspecified atom stereocenters. The van der Waals surface area contributed by atoms with Gasteiger partial charge in [0.05, 0.1) is 6.10 Å². The number of hydrogen-bond donors (Lipinski definition) is 2. The van der Waals surface area contributed by atoms with E-state index in [1.165, 1.54) is 0 Å². The maximum atomic E-state index is 5.73. The summed E-state index contributed by atoms with van der Waals surface area (Å²) in [5.41, 5.74) is 7.62. The van der Waals surface area contributed by atoms with Gasteiger partial charge in [-0.25, -0.2) is 0 Å². The predicted octanol–water partition coefficient (Wildman–Crippen LogP) is 3.06. The summed E-state index contributed by atoms with van der Waals surface area (Å²) in [5.74, 6) is 0. The Kier molecular flexibility index (Phi) is 4.59. The summed E-state index contributed by atoms with van der Waals surface area (Å²) >= 11 is 8.53. The minimum Gasteiger partial charge on any atom is -0.389 e. The zero-order valence-corrected chi connectivity index (χ0v) is 12.7. The van der Waals surface area contributed by atoms with E-state index in [1.807, 2.05) is 25.1 Å². The molecule has 0 amide bonds. The lowest BCUT2D eigenvalue weighted by Crippen LogP contribution is -2.41. The average Bonchev–Trinajstić information content (AvgIpc) is 2.26. The number of rotatable bonds is 5. The van der Waals surface area contributed by atoms with Crippen LogP contribution in [0.1, 0.15) is 25.3 Å². The number of ether oxygens (including phenoxy) is 1. The van der Waals surface area contributed by atoms with Gasteiger partial charge in [0.15, 0.2) is 0 Å². The molecule has 0 saturated heterocycles. The second-order valence-electron chi connectivity index (χ2n) is 4.44. The van der Waals surface area contributed by atoms with Crippen molar-refractivity contribution in [3.8, 4) is 0 Å². The molecule has 3 N–H and O–H groups in total. The van der Waals surface area contributed by atoms with Gasteiger partial charge in [0.25, 0.3) is 0 Å². The van der Waals surface area contributed by atoms with Crippen molar-refractivity contribution in [2.45, 2.75) is 31.9 Å². The highest BCUT2D eigenvalue weighted by atomic mass is 79.9. The fraction of sp³-hybridized carbons (Fsp3) is 0.462. The van der Waals surface area contributed by atoms with Crippen LogP contribution in [-0.4, -0.2) is 23.7 Å². The molecule has 0 bridgehead atoms. The van der Waals surface area contributed by atoms with Gasteiger partial charge < -0.3 is 15.8 Å². The van der Waals surface area contributed by atoms with Gasteiger partial charge in [-0.3, -0.25) is 0 Å². The number of nitrogens with one attached hydrogen (secondary N) is 1. The van der Waals surface area contributed by atoms with Crippen LogP contribution in [0.4, 0.5) is 5.69 Å². The van der Waals surface area contributed by atoms with E-state index in [2.05, 4.69) is 21.2 Å². The molecule has 2 rings (SSSR count). The molecule has 1 aromatic carbocycles. The molecule has 1 aromatic rings. The van der Waals surface area contributed by atoms with Gasteiger partial charge in [-0.05, 0) is 38.0 Å². The van der Waals surface area contributed by atoms with Gasteiger partial charge in [0.1, 0.15) is 4.99 Å². The van der Waals surface area contributed by atoms with Crippen molar-refractivity contribution in [3.63, 3.8) is 0 Å². The van der Waals surface area contributed by atoms with Crippen LogP contribution < -0.4 is 11.1 Å². The Morgan fingerprint density at radius 1 is 1.56 bits per heavy atom. The molecule has 0 aliphatic heterocycles. The van der Waals surface area contributed by atoms with Crippen molar-refractivity contribution in [2.75, 3.05) is 11.9 Å². The number of anilines is 1. The average molecular weight is 329 g/mol. The molecule has 5 heteroatoms. The first-order chi connectivity index (χ1) is 8.60. The molecule has 0 heterocycles. The van der Waals surface area contributed by atoms with Crippen LogP contribution >= 0.6 is 28.1 Å². The molecular formula is C13H17BrN2OS. The van der Waals surface area contributed by atoms with Gasteiger partial charge >= 0.3 is 0 Å². The third kappa shape index (κ3) is 3.22. The summed E-state index contributed by atoms with van der Waals surface area (Å²) in [5, 5.41) is 3.48. The van der Waals surface area contributed by atoms with E-state index in [-0.39, 0.29) is 0 Å². The molecule has 0 atom stereocenters. The maximum Gasteiger partial charge on any atom is 0.106 e. The molecule has 3 nitrogen and oxygen atoms in total. The monoisotopic (exact) mass is 328 g/mol. The Hall–Kier alpha value is -0.650. The van der Waals surface area contributed by atoms with Gasteiger partial charge in [0.2, 0.25) is 0 Å². The third-order valence-corrected chi connectivity index (χ3v) is 3.82. The summed E-state index contributed by atoms with van der Waals surface area (Å²) in [6.07, 6.45) is 2.47. The standard InChI is InChI=1S/C13H17BrN2OS/c1-2-17-10-6-9(7-10)16-12-5-8(14)3-4-11(12)13(15)18/h3-5,9-10,16H,2,6-7H2,1H3,(H2,15,18). The lowest BCUT2D eigenvalue weighted by Gasteiger charge is -2.36. The van der Waals surface area contributed by atoms with E-state index in [4.69, 9.17) is 22.7 Å². The van der Waals surface area contributed by atoms with E-state index >= 15 is 0 Å². The number of nitrogens with two attached hydrogens (primary N) is 1. The minimum absolute atomic E-state index is 0.396. The zero-order valence-electron chi connectivity index (χ0n) is 10.3. The van der Waals surface area contributed by atoms with E-state index in [1.54, 1.807) is 0 Å². The molecule has 1 fully saturated rings. The number of thiocarbonyl (C=S) groups is 1. The Morgan fingerprint density at radius 3 is 2.89 bits per heavy atom. The first-order valence-electron chi connectivity index (χ1n) is 6.07. The van der Waals surface area contributed by atoms with Crippen molar-refractivity contribution in [2.24, 2.45) is 5.73 Å². The number of benzene rings is 1. The van der Waals surface area contributed by atoms with Crippen molar-refractivity contribution in [1.82, 2.24) is 0 Å². The lowest BCUT2D eigenvalue weighted by molar-refractivity contribution is 0.00299. The molecule has 1 saturated carbocycles. The first-order valence-corrected chi connectivity index (χ1v) is 7.27. The smallest absolute Gasteiger partial charge is 0.106 e.